The van der Waals surface area contributed by atoms with Gasteiger partial charge in [-0.3, -0.25) is 4.79 Å². The summed E-state index contributed by atoms with van der Waals surface area (Å²) in [5.41, 5.74) is -0.223. The van der Waals surface area contributed by atoms with Gasteiger partial charge in [0, 0.05) is 37.4 Å². The minimum absolute atomic E-state index is 0.254. The number of hydrogen-bond donors (Lipinski definition) is 0. The van der Waals surface area contributed by atoms with Crippen molar-refractivity contribution in [2.75, 3.05) is 31.1 Å². The van der Waals surface area contributed by atoms with E-state index in [-0.39, 0.29) is 16.5 Å². The molecule has 0 unspecified atom stereocenters. The number of amides is 1. The van der Waals surface area contributed by atoms with E-state index in [1.54, 1.807) is 9.80 Å². The first kappa shape index (κ1) is 18.5. The lowest BCUT2D eigenvalue weighted by Gasteiger charge is -2.36. The summed E-state index contributed by atoms with van der Waals surface area (Å²) in [4.78, 5) is 15.7. The molecule has 0 aromatic heterocycles. The van der Waals surface area contributed by atoms with Crippen LogP contribution >= 0.6 is 11.6 Å². The van der Waals surface area contributed by atoms with Gasteiger partial charge in [0.1, 0.15) is 5.82 Å². The Kier molecular flexibility index (Phi) is 5.09. The third-order valence-electron chi connectivity index (χ3n) is 4.26. The highest BCUT2D eigenvalue weighted by atomic mass is 35.5. The third-order valence-corrected chi connectivity index (χ3v) is 4.59. The Labute approximate surface area is 152 Å². The topological polar surface area (TPSA) is 23.6 Å². The van der Waals surface area contributed by atoms with Crippen LogP contribution in [-0.4, -0.2) is 37.0 Å². The molecule has 8 heteroatoms. The molecule has 0 atom stereocenters. The summed E-state index contributed by atoms with van der Waals surface area (Å²) in [6.45, 7) is 1.42. The predicted molar refractivity (Wildman–Crippen MR) is 91.0 cm³/mol. The Balaban J connectivity index is 1.70. The van der Waals surface area contributed by atoms with Gasteiger partial charge in [-0.25, -0.2) is 4.39 Å². The van der Waals surface area contributed by atoms with E-state index >= 15 is 0 Å². The first-order valence-electron chi connectivity index (χ1n) is 7.92. The maximum atomic E-state index is 13.3. The van der Waals surface area contributed by atoms with E-state index in [4.69, 9.17) is 11.6 Å². The highest BCUT2D eigenvalue weighted by molar-refractivity contribution is 6.31. The fraction of sp³-hybridized carbons (Fsp3) is 0.278. The average Bonchev–Trinajstić information content (AvgIpc) is 2.61. The van der Waals surface area contributed by atoms with Crippen molar-refractivity contribution in [1.29, 1.82) is 0 Å². The van der Waals surface area contributed by atoms with Crippen molar-refractivity contribution in [3.8, 4) is 0 Å². The van der Waals surface area contributed by atoms with E-state index in [2.05, 4.69) is 0 Å². The molecule has 0 radical (unpaired) electrons. The average molecular weight is 387 g/mol. The fourth-order valence-electron chi connectivity index (χ4n) is 2.90. The van der Waals surface area contributed by atoms with Gasteiger partial charge < -0.3 is 9.80 Å². The van der Waals surface area contributed by atoms with Gasteiger partial charge in [0.25, 0.3) is 5.91 Å². The van der Waals surface area contributed by atoms with Crippen LogP contribution in [0.25, 0.3) is 0 Å². The van der Waals surface area contributed by atoms with Crippen molar-refractivity contribution < 1.29 is 22.4 Å². The van der Waals surface area contributed by atoms with E-state index in [1.807, 2.05) is 0 Å². The SMILES string of the molecule is O=C(c1cccc(F)c1)N1CCN(c2ccc(Cl)c(C(F)(F)F)c2)CC1. The van der Waals surface area contributed by atoms with Crippen LogP contribution in [0.1, 0.15) is 15.9 Å². The monoisotopic (exact) mass is 386 g/mol. The van der Waals surface area contributed by atoms with E-state index < -0.39 is 17.6 Å². The summed E-state index contributed by atoms with van der Waals surface area (Å²) in [5, 5.41) is -0.346. The van der Waals surface area contributed by atoms with Crippen LogP contribution in [-0.2, 0) is 6.18 Å². The molecule has 2 aromatic carbocycles. The van der Waals surface area contributed by atoms with E-state index in [9.17, 15) is 22.4 Å². The van der Waals surface area contributed by atoms with E-state index in [1.165, 1.54) is 36.4 Å². The number of halogens is 5. The molecule has 0 N–H and O–H groups in total. The molecular weight excluding hydrogens is 372 g/mol. The van der Waals surface area contributed by atoms with Crippen LogP contribution in [0.3, 0.4) is 0 Å². The standard InChI is InChI=1S/C18H15ClF4N2O/c19-16-5-4-14(11-15(16)18(21,22)23)24-6-8-25(9-7-24)17(26)12-2-1-3-13(20)10-12/h1-5,10-11H,6-9H2. The van der Waals surface area contributed by atoms with Crippen LogP contribution in [0.4, 0.5) is 23.2 Å². The number of hydrogen-bond acceptors (Lipinski definition) is 2. The van der Waals surface area contributed by atoms with Gasteiger partial charge in [0.05, 0.1) is 10.6 Å². The lowest BCUT2D eigenvalue weighted by atomic mass is 10.1. The molecule has 2 aromatic rings. The smallest absolute Gasteiger partial charge is 0.368 e. The number of rotatable bonds is 2. The van der Waals surface area contributed by atoms with Crippen molar-refractivity contribution >= 4 is 23.2 Å². The molecule has 1 aliphatic rings. The first-order valence-corrected chi connectivity index (χ1v) is 8.30. The van der Waals surface area contributed by atoms with Crippen LogP contribution in [0.15, 0.2) is 42.5 Å². The second-order valence-electron chi connectivity index (χ2n) is 5.95. The summed E-state index contributed by atoms with van der Waals surface area (Å²) >= 11 is 5.64. The molecule has 0 bridgehead atoms. The second kappa shape index (κ2) is 7.15. The number of benzene rings is 2. The molecule has 3 nitrogen and oxygen atoms in total. The largest absolute Gasteiger partial charge is 0.417 e. The first-order chi connectivity index (χ1) is 12.3. The lowest BCUT2D eigenvalue weighted by Crippen LogP contribution is -2.48. The maximum absolute atomic E-state index is 13.3. The highest BCUT2D eigenvalue weighted by Crippen LogP contribution is 2.37. The zero-order valence-electron chi connectivity index (χ0n) is 13.6. The van der Waals surface area contributed by atoms with Crippen molar-refractivity contribution in [2.24, 2.45) is 0 Å². The van der Waals surface area contributed by atoms with Crippen molar-refractivity contribution in [3.63, 3.8) is 0 Å². The Bertz CT molecular complexity index is 817. The lowest BCUT2D eigenvalue weighted by molar-refractivity contribution is -0.137. The van der Waals surface area contributed by atoms with Gasteiger partial charge in [-0.2, -0.15) is 13.2 Å². The summed E-state index contributed by atoms with van der Waals surface area (Å²) in [6.07, 6.45) is -4.53. The second-order valence-corrected chi connectivity index (χ2v) is 6.36. The predicted octanol–water partition coefficient (Wildman–Crippen LogP) is 4.46. The Morgan fingerprint density at radius 2 is 1.69 bits per heavy atom. The third kappa shape index (κ3) is 3.93. The van der Waals surface area contributed by atoms with Gasteiger partial charge in [0.2, 0.25) is 0 Å². The van der Waals surface area contributed by atoms with Gasteiger partial charge in [-0.05, 0) is 36.4 Å². The number of anilines is 1. The van der Waals surface area contributed by atoms with Crippen LogP contribution < -0.4 is 4.90 Å². The van der Waals surface area contributed by atoms with Crippen molar-refractivity contribution in [3.05, 3.63) is 64.4 Å². The highest BCUT2D eigenvalue weighted by Gasteiger charge is 2.34. The quantitative estimate of drug-likeness (QED) is 0.711. The van der Waals surface area contributed by atoms with E-state index in [0.717, 1.165) is 6.07 Å². The number of nitrogens with zero attached hydrogens (tertiary/aromatic N) is 2. The van der Waals surface area contributed by atoms with E-state index in [0.29, 0.717) is 31.9 Å². The Hall–Kier alpha value is -2.28. The number of carbonyl (C=O) groups excluding carboxylic acids is 1. The Morgan fingerprint density at radius 3 is 2.31 bits per heavy atom. The molecule has 3 rings (SSSR count). The van der Waals surface area contributed by atoms with Gasteiger partial charge in [-0.1, -0.05) is 17.7 Å². The van der Waals surface area contributed by atoms with Crippen molar-refractivity contribution in [2.45, 2.75) is 6.18 Å². The molecule has 1 aliphatic heterocycles. The molecule has 138 valence electrons. The summed E-state index contributed by atoms with van der Waals surface area (Å²) in [6, 6.07) is 9.20. The molecule has 0 aliphatic carbocycles. The molecule has 0 spiro atoms. The minimum atomic E-state index is -4.53. The van der Waals surface area contributed by atoms with Gasteiger partial charge in [-0.15, -0.1) is 0 Å². The van der Waals surface area contributed by atoms with Crippen LogP contribution in [0, 0.1) is 5.82 Å². The number of carbonyl (C=O) groups is 1. The Morgan fingerprint density at radius 1 is 1.00 bits per heavy atom. The molecule has 0 saturated carbocycles. The fourth-order valence-corrected chi connectivity index (χ4v) is 3.12. The maximum Gasteiger partial charge on any atom is 0.417 e. The van der Waals surface area contributed by atoms with Crippen LogP contribution in [0.5, 0.6) is 0 Å². The van der Waals surface area contributed by atoms with Gasteiger partial charge in [0.15, 0.2) is 0 Å². The zero-order valence-corrected chi connectivity index (χ0v) is 14.3. The van der Waals surface area contributed by atoms with Crippen molar-refractivity contribution in [1.82, 2.24) is 4.90 Å². The minimum Gasteiger partial charge on any atom is -0.368 e. The summed E-state index contributed by atoms with van der Waals surface area (Å²) in [5.74, 6) is -0.786. The summed E-state index contributed by atoms with van der Waals surface area (Å²) < 4.78 is 52.3. The molecule has 1 amide bonds. The zero-order chi connectivity index (χ0) is 18.9. The normalized spacial score (nSPS) is 15.3. The molecule has 1 saturated heterocycles. The number of piperazine rings is 1. The van der Waals surface area contributed by atoms with Gasteiger partial charge >= 0.3 is 6.18 Å². The van der Waals surface area contributed by atoms with Crippen LogP contribution in [0.2, 0.25) is 5.02 Å². The summed E-state index contributed by atoms with van der Waals surface area (Å²) in [7, 11) is 0. The number of alkyl halides is 3. The molecule has 26 heavy (non-hydrogen) atoms. The molecule has 1 fully saturated rings. The molecular formula is C18H15ClF4N2O. The molecule has 1 heterocycles.